The summed E-state index contributed by atoms with van der Waals surface area (Å²) in [5.41, 5.74) is 9.37. The van der Waals surface area contributed by atoms with E-state index >= 15 is 0 Å². The highest BCUT2D eigenvalue weighted by Gasteiger charge is 2.21. The molecule has 0 spiro atoms. The minimum atomic E-state index is -0.340. The second-order valence-electron chi connectivity index (χ2n) is 7.16. The molecule has 0 saturated carbocycles. The number of amides is 2. The molecule has 0 aliphatic carbocycles. The second-order valence-corrected chi connectivity index (χ2v) is 7.16. The maximum atomic E-state index is 12.7. The number of para-hydroxylation sites is 2. The fourth-order valence-corrected chi connectivity index (χ4v) is 3.57. The minimum absolute atomic E-state index is 0. The van der Waals surface area contributed by atoms with Crippen LogP contribution in [0.4, 0.5) is 0 Å². The number of aromatic nitrogens is 1. The summed E-state index contributed by atoms with van der Waals surface area (Å²) in [6.07, 6.45) is 3.24. The highest BCUT2D eigenvalue weighted by molar-refractivity contribution is 5.94. The van der Waals surface area contributed by atoms with Gasteiger partial charge in [-0.25, -0.2) is 0 Å². The van der Waals surface area contributed by atoms with Crippen LogP contribution in [0.2, 0.25) is 0 Å². The van der Waals surface area contributed by atoms with Crippen molar-refractivity contribution >= 4 is 47.5 Å². The van der Waals surface area contributed by atoms with Crippen LogP contribution in [-0.4, -0.2) is 41.4 Å². The molecule has 3 N–H and O–H groups in total. The lowest BCUT2D eigenvalue weighted by atomic mass is 10.0. The number of rotatable bonds is 8. The summed E-state index contributed by atoms with van der Waals surface area (Å²) in [5, 5.41) is 1.11. The Balaban J connectivity index is 0.00000240. The molecule has 0 radical (unpaired) electrons. The normalized spacial score (nSPS) is 11.2. The third-order valence-electron chi connectivity index (χ3n) is 5.06. The average molecular weight is 466 g/mol. The Morgan fingerprint density at radius 3 is 2.45 bits per heavy atom. The van der Waals surface area contributed by atoms with Crippen molar-refractivity contribution < 1.29 is 14.3 Å². The Labute approximate surface area is 195 Å². The lowest BCUT2D eigenvalue weighted by Crippen LogP contribution is -2.44. The fourth-order valence-electron chi connectivity index (χ4n) is 3.57. The van der Waals surface area contributed by atoms with Gasteiger partial charge in [-0.05, 0) is 36.1 Å². The van der Waals surface area contributed by atoms with Crippen molar-refractivity contribution in [3.63, 3.8) is 0 Å². The first-order valence-electron chi connectivity index (χ1n) is 9.73. The zero-order valence-corrected chi connectivity index (χ0v) is 19.3. The van der Waals surface area contributed by atoms with E-state index in [1.54, 1.807) is 7.11 Å². The number of aromatic amines is 1. The Bertz CT molecular complexity index is 1010. The van der Waals surface area contributed by atoms with Crippen LogP contribution in [0.25, 0.3) is 10.9 Å². The summed E-state index contributed by atoms with van der Waals surface area (Å²) in [7, 11) is 1.60. The van der Waals surface area contributed by atoms with Crippen LogP contribution in [-0.2, 0) is 22.4 Å². The van der Waals surface area contributed by atoms with E-state index in [1.807, 2.05) is 54.7 Å². The Kier molecular flexibility index (Phi) is 10.6. The molecule has 1 heterocycles. The van der Waals surface area contributed by atoms with E-state index in [0.29, 0.717) is 12.8 Å². The molecule has 0 saturated heterocycles. The van der Waals surface area contributed by atoms with Gasteiger partial charge < -0.3 is 15.5 Å². The Morgan fingerprint density at radius 1 is 1.06 bits per heavy atom. The molecule has 3 rings (SSSR count). The smallest absolute Gasteiger partial charge is 0.229 e. The predicted molar refractivity (Wildman–Crippen MR) is 128 cm³/mol. The lowest BCUT2D eigenvalue weighted by Gasteiger charge is -2.23. The molecule has 0 aliphatic rings. The summed E-state index contributed by atoms with van der Waals surface area (Å²) >= 11 is 0. The quantitative estimate of drug-likeness (QED) is 0.527. The number of imide groups is 1. The molecule has 6 nitrogen and oxygen atoms in total. The van der Waals surface area contributed by atoms with E-state index in [9.17, 15) is 9.59 Å². The number of benzene rings is 2. The topological polar surface area (TPSA) is 88.4 Å². The van der Waals surface area contributed by atoms with Gasteiger partial charge in [-0.3, -0.25) is 14.5 Å². The molecular weight excluding hydrogens is 437 g/mol. The van der Waals surface area contributed by atoms with E-state index in [-0.39, 0.29) is 55.6 Å². The molecule has 1 atom stereocenters. The number of methoxy groups -OCH3 is 1. The number of carbonyl (C=O) groups is 2. The van der Waals surface area contributed by atoms with E-state index in [2.05, 4.69) is 4.98 Å². The van der Waals surface area contributed by atoms with Crippen LogP contribution in [0.5, 0.6) is 5.75 Å². The van der Waals surface area contributed by atoms with Gasteiger partial charge in [0, 0.05) is 43.0 Å². The summed E-state index contributed by atoms with van der Waals surface area (Å²) in [4.78, 5) is 29.3. The van der Waals surface area contributed by atoms with E-state index in [0.717, 1.165) is 27.8 Å². The van der Waals surface area contributed by atoms with Crippen LogP contribution in [0, 0.1) is 0 Å². The highest BCUT2D eigenvalue weighted by Crippen LogP contribution is 2.20. The van der Waals surface area contributed by atoms with Gasteiger partial charge in [0.1, 0.15) is 5.75 Å². The number of nitrogens with two attached hydrogens (primary N) is 1. The second kappa shape index (κ2) is 12.3. The molecule has 2 aromatic carbocycles. The van der Waals surface area contributed by atoms with Crippen molar-refractivity contribution in [3.05, 3.63) is 65.9 Å². The van der Waals surface area contributed by atoms with Crippen molar-refractivity contribution in [1.82, 2.24) is 9.88 Å². The molecule has 1 unspecified atom stereocenters. The first kappa shape index (κ1) is 26.5. The van der Waals surface area contributed by atoms with Crippen LogP contribution in [0.3, 0.4) is 0 Å². The molecule has 2 amide bonds. The van der Waals surface area contributed by atoms with Crippen LogP contribution < -0.4 is 10.5 Å². The monoisotopic (exact) mass is 465 g/mol. The zero-order chi connectivity index (χ0) is 20.8. The molecule has 8 heteroatoms. The number of ether oxygens (including phenoxy) is 1. The summed E-state index contributed by atoms with van der Waals surface area (Å²) in [5.74, 6) is 0.230. The number of halogens is 2. The molecule has 0 aliphatic heterocycles. The number of fused-ring (bicyclic) bond motifs is 1. The summed E-state index contributed by atoms with van der Waals surface area (Å²) in [6, 6.07) is 15.2. The van der Waals surface area contributed by atoms with Crippen molar-refractivity contribution in [3.8, 4) is 5.75 Å². The van der Waals surface area contributed by atoms with Gasteiger partial charge in [0.15, 0.2) is 0 Å². The van der Waals surface area contributed by atoms with E-state index in [4.69, 9.17) is 10.5 Å². The Morgan fingerprint density at radius 2 is 1.74 bits per heavy atom. The third kappa shape index (κ3) is 6.72. The van der Waals surface area contributed by atoms with Crippen molar-refractivity contribution in [2.75, 3.05) is 13.7 Å². The van der Waals surface area contributed by atoms with Gasteiger partial charge in [0.05, 0.1) is 7.11 Å². The number of hydrogen-bond donors (Lipinski definition) is 2. The van der Waals surface area contributed by atoms with Crippen LogP contribution in [0.1, 0.15) is 24.5 Å². The number of H-pyrrole nitrogens is 1. The summed E-state index contributed by atoms with van der Waals surface area (Å²) in [6.45, 7) is 1.60. The largest absolute Gasteiger partial charge is 0.496 e. The fraction of sp³-hybridized carbons (Fsp3) is 0.304. The molecular formula is C23H29Cl2N3O3. The minimum Gasteiger partial charge on any atom is -0.496 e. The van der Waals surface area contributed by atoms with Crippen molar-refractivity contribution in [2.24, 2.45) is 5.73 Å². The highest BCUT2D eigenvalue weighted by atomic mass is 35.5. The molecule has 31 heavy (non-hydrogen) atoms. The van der Waals surface area contributed by atoms with Gasteiger partial charge in [-0.1, -0.05) is 36.4 Å². The molecule has 168 valence electrons. The van der Waals surface area contributed by atoms with Crippen molar-refractivity contribution in [1.29, 1.82) is 0 Å². The SMILES string of the molecule is COc1ccccc1CCC(=O)N(CC(N)Cc1c[nH]c2ccccc12)C(C)=O.Cl.Cl. The molecule has 3 aromatic rings. The predicted octanol–water partition coefficient (Wildman–Crippen LogP) is 3.90. The molecule has 0 fully saturated rings. The van der Waals surface area contributed by atoms with Gasteiger partial charge in [-0.2, -0.15) is 0 Å². The average Bonchev–Trinajstić information content (AvgIpc) is 3.13. The zero-order valence-electron chi connectivity index (χ0n) is 17.7. The van der Waals surface area contributed by atoms with E-state index in [1.165, 1.54) is 11.8 Å². The van der Waals surface area contributed by atoms with Crippen LogP contribution in [0.15, 0.2) is 54.7 Å². The van der Waals surface area contributed by atoms with Gasteiger partial charge in [-0.15, -0.1) is 24.8 Å². The van der Waals surface area contributed by atoms with E-state index < -0.39 is 0 Å². The number of aryl methyl sites for hydroxylation is 1. The van der Waals surface area contributed by atoms with Gasteiger partial charge in [0.2, 0.25) is 11.8 Å². The van der Waals surface area contributed by atoms with Crippen LogP contribution >= 0.6 is 24.8 Å². The first-order chi connectivity index (χ1) is 14.0. The van der Waals surface area contributed by atoms with Crippen molar-refractivity contribution in [2.45, 2.75) is 32.2 Å². The number of nitrogens with one attached hydrogen (secondary N) is 1. The third-order valence-corrected chi connectivity index (χ3v) is 5.06. The molecule has 1 aromatic heterocycles. The van der Waals surface area contributed by atoms with Gasteiger partial charge >= 0.3 is 0 Å². The number of hydrogen-bond acceptors (Lipinski definition) is 4. The standard InChI is InChI=1S/C23H27N3O3.2ClH/c1-16(27)26(23(28)12-11-17-7-3-6-10-22(17)29-2)15-19(24)13-18-14-25-21-9-5-4-8-20(18)21;;/h3-10,14,19,25H,11-13,15,24H2,1-2H3;2*1H. The lowest BCUT2D eigenvalue weighted by molar-refractivity contribution is -0.143. The number of carbonyl (C=O) groups excluding carboxylic acids is 2. The van der Waals surface area contributed by atoms with Gasteiger partial charge in [0.25, 0.3) is 0 Å². The first-order valence-corrected chi connectivity index (χ1v) is 9.73. The molecule has 0 bridgehead atoms. The maximum absolute atomic E-state index is 12.7. The maximum Gasteiger partial charge on any atom is 0.229 e. The number of nitrogens with zero attached hydrogens (tertiary/aromatic N) is 1. The summed E-state index contributed by atoms with van der Waals surface area (Å²) < 4.78 is 5.33. The Hall–Kier alpha value is -2.54.